The van der Waals surface area contributed by atoms with Crippen molar-refractivity contribution in [3.05, 3.63) is 32.3 Å². The molecule has 2 aromatic rings. The van der Waals surface area contributed by atoms with Gasteiger partial charge < -0.3 is 5.73 Å². The highest BCUT2D eigenvalue weighted by molar-refractivity contribution is 9.10. The number of amides is 1. The molecule has 0 saturated heterocycles. The van der Waals surface area contributed by atoms with Crippen LogP contribution >= 0.6 is 27.3 Å². The third-order valence-corrected chi connectivity index (χ3v) is 3.79. The Labute approximate surface area is 104 Å². The predicted molar refractivity (Wildman–Crippen MR) is 67.7 cm³/mol. The smallest absolute Gasteiger partial charge is 0.308 e. The molecule has 0 spiro atoms. The number of hydrogen-bond acceptors (Lipinski definition) is 3. The lowest BCUT2D eigenvalue weighted by Crippen LogP contribution is -2.29. The van der Waals surface area contributed by atoms with Gasteiger partial charge in [-0.05, 0) is 25.1 Å². The Balaban J connectivity index is 2.74. The van der Waals surface area contributed by atoms with Gasteiger partial charge in [0.1, 0.15) is 6.04 Å². The van der Waals surface area contributed by atoms with Crippen molar-refractivity contribution in [2.75, 3.05) is 0 Å². The van der Waals surface area contributed by atoms with Crippen LogP contribution < -0.4 is 10.6 Å². The Morgan fingerprint density at radius 3 is 2.88 bits per heavy atom. The predicted octanol–water partition coefficient (Wildman–Crippen LogP) is 1.87. The zero-order valence-electron chi connectivity index (χ0n) is 8.44. The molecule has 1 amide bonds. The number of carbonyl (C=O) groups excluding carboxylic acids is 1. The largest absolute Gasteiger partial charge is 0.368 e. The molecule has 2 rings (SSSR count). The fraction of sp³-hybridized carbons (Fsp3) is 0.200. The fourth-order valence-electron chi connectivity index (χ4n) is 1.50. The number of benzene rings is 1. The molecule has 6 heteroatoms. The van der Waals surface area contributed by atoms with Gasteiger partial charge in [0.15, 0.2) is 0 Å². The Bertz CT molecular complexity index is 617. The van der Waals surface area contributed by atoms with E-state index in [0.717, 1.165) is 26.0 Å². The van der Waals surface area contributed by atoms with Crippen LogP contribution in [0.1, 0.15) is 13.0 Å². The van der Waals surface area contributed by atoms with Crippen LogP contribution in [0.5, 0.6) is 0 Å². The van der Waals surface area contributed by atoms with Crippen molar-refractivity contribution in [2.45, 2.75) is 13.0 Å². The summed E-state index contributed by atoms with van der Waals surface area (Å²) in [6, 6.07) is 4.86. The summed E-state index contributed by atoms with van der Waals surface area (Å²) >= 11 is 4.44. The van der Waals surface area contributed by atoms with Gasteiger partial charge in [-0.25, -0.2) is 0 Å². The van der Waals surface area contributed by atoms with E-state index in [2.05, 4.69) is 15.9 Å². The second-order valence-electron chi connectivity index (χ2n) is 3.43. The number of hydrogen-bond donors (Lipinski definition) is 1. The molecule has 1 aromatic carbocycles. The third-order valence-electron chi connectivity index (χ3n) is 2.37. The van der Waals surface area contributed by atoms with E-state index in [-0.39, 0.29) is 4.87 Å². The molecule has 84 valence electrons. The van der Waals surface area contributed by atoms with Gasteiger partial charge in [-0.1, -0.05) is 27.3 Å². The number of fused-ring (bicyclic) bond motifs is 1. The van der Waals surface area contributed by atoms with Crippen LogP contribution in [0.3, 0.4) is 0 Å². The Morgan fingerprint density at radius 1 is 1.56 bits per heavy atom. The number of aromatic nitrogens is 1. The zero-order valence-corrected chi connectivity index (χ0v) is 10.8. The second-order valence-corrected chi connectivity index (χ2v) is 5.34. The minimum atomic E-state index is -0.623. The Morgan fingerprint density at radius 2 is 2.25 bits per heavy atom. The first-order valence-electron chi connectivity index (χ1n) is 4.60. The third kappa shape index (κ3) is 1.78. The van der Waals surface area contributed by atoms with Gasteiger partial charge >= 0.3 is 4.87 Å². The molecule has 0 fully saturated rings. The molecule has 0 radical (unpaired) electrons. The van der Waals surface area contributed by atoms with E-state index < -0.39 is 11.9 Å². The summed E-state index contributed by atoms with van der Waals surface area (Å²) in [7, 11) is 0. The maximum Gasteiger partial charge on any atom is 0.308 e. The molecule has 0 aliphatic heterocycles. The molecule has 16 heavy (non-hydrogen) atoms. The van der Waals surface area contributed by atoms with Crippen molar-refractivity contribution in [1.29, 1.82) is 0 Å². The summed E-state index contributed by atoms with van der Waals surface area (Å²) in [6.07, 6.45) is 0. The van der Waals surface area contributed by atoms with Crippen LogP contribution in [0.4, 0.5) is 0 Å². The number of rotatable bonds is 2. The van der Waals surface area contributed by atoms with Gasteiger partial charge in [-0.2, -0.15) is 0 Å². The molecule has 0 bridgehead atoms. The lowest BCUT2D eigenvalue weighted by molar-refractivity contribution is -0.120. The highest BCUT2D eigenvalue weighted by Gasteiger charge is 2.17. The molecule has 4 nitrogen and oxygen atoms in total. The summed E-state index contributed by atoms with van der Waals surface area (Å²) in [5.74, 6) is -0.510. The number of carbonyl (C=O) groups is 1. The van der Waals surface area contributed by atoms with E-state index in [1.165, 1.54) is 4.57 Å². The highest BCUT2D eigenvalue weighted by atomic mass is 79.9. The number of nitrogens with two attached hydrogens (primary N) is 1. The summed E-state index contributed by atoms with van der Waals surface area (Å²) in [4.78, 5) is 22.7. The first-order valence-corrected chi connectivity index (χ1v) is 6.21. The van der Waals surface area contributed by atoms with Gasteiger partial charge in [-0.3, -0.25) is 14.2 Å². The van der Waals surface area contributed by atoms with Crippen molar-refractivity contribution < 1.29 is 4.79 Å². The Kier molecular flexibility index (Phi) is 2.86. The highest BCUT2D eigenvalue weighted by Crippen LogP contribution is 2.24. The average Bonchev–Trinajstić information content (AvgIpc) is 2.51. The minimum Gasteiger partial charge on any atom is -0.368 e. The van der Waals surface area contributed by atoms with Gasteiger partial charge in [0.25, 0.3) is 0 Å². The average molecular weight is 301 g/mol. The van der Waals surface area contributed by atoms with E-state index in [0.29, 0.717) is 0 Å². The fourth-order valence-corrected chi connectivity index (χ4v) is 3.02. The van der Waals surface area contributed by atoms with Gasteiger partial charge in [0.05, 0.1) is 10.2 Å². The summed E-state index contributed by atoms with van der Waals surface area (Å²) in [5, 5.41) is 0. The van der Waals surface area contributed by atoms with Gasteiger partial charge in [0.2, 0.25) is 5.91 Å². The van der Waals surface area contributed by atoms with Crippen molar-refractivity contribution >= 4 is 43.4 Å². The van der Waals surface area contributed by atoms with E-state index >= 15 is 0 Å². The molecule has 0 aliphatic rings. The maximum atomic E-state index is 11.8. The molecular weight excluding hydrogens is 292 g/mol. The lowest BCUT2D eigenvalue weighted by atomic mass is 10.3. The maximum absolute atomic E-state index is 11.8. The van der Waals surface area contributed by atoms with Gasteiger partial charge in [-0.15, -0.1) is 0 Å². The van der Waals surface area contributed by atoms with Crippen molar-refractivity contribution in [2.24, 2.45) is 5.73 Å². The number of thiazole rings is 1. The van der Waals surface area contributed by atoms with E-state index in [1.807, 2.05) is 12.1 Å². The first-order chi connectivity index (χ1) is 7.50. The minimum absolute atomic E-state index is 0.167. The molecule has 1 heterocycles. The van der Waals surface area contributed by atoms with Crippen LogP contribution in [-0.2, 0) is 4.79 Å². The van der Waals surface area contributed by atoms with Crippen molar-refractivity contribution in [3.63, 3.8) is 0 Å². The van der Waals surface area contributed by atoms with Crippen LogP contribution in [0.25, 0.3) is 10.2 Å². The van der Waals surface area contributed by atoms with Crippen LogP contribution in [0, 0.1) is 0 Å². The number of halogens is 1. The molecule has 0 aliphatic carbocycles. The molecule has 1 aromatic heterocycles. The molecule has 2 N–H and O–H groups in total. The van der Waals surface area contributed by atoms with E-state index in [1.54, 1.807) is 13.0 Å². The molecule has 1 unspecified atom stereocenters. The Hall–Kier alpha value is -1.14. The molecule has 0 saturated carbocycles. The van der Waals surface area contributed by atoms with Crippen LogP contribution in [0.2, 0.25) is 0 Å². The van der Waals surface area contributed by atoms with E-state index in [4.69, 9.17) is 5.73 Å². The molecule has 1 atom stereocenters. The van der Waals surface area contributed by atoms with Gasteiger partial charge in [0, 0.05) is 4.47 Å². The van der Waals surface area contributed by atoms with Crippen LogP contribution in [-0.4, -0.2) is 10.5 Å². The molecular formula is C10H9BrN2O2S. The lowest BCUT2D eigenvalue weighted by Gasteiger charge is -2.09. The first kappa shape index (κ1) is 11.3. The van der Waals surface area contributed by atoms with Crippen molar-refractivity contribution in [3.8, 4) is 0 Å². The number of primary amides is 1. The zero-order chi connectivity index (χ0) is 11.9. The number of nitrogens with zero attached hydrogens (tertiary/aromatic N) is 1. The topological polar surface area (TPSA) is 65.1 Å². The standard InChI is InChI=1S/C10H9BrN2O2S/c1-5(9(12)14)13-7-3-2-6(11)4-8(7)16-10(13)15/h2-5H,1H3,(H2,12,14). The van der Waals surface area contributed by atoms with Crippen LogP contribution in [0.15, 0.2) is 27.5 Å². The monoisotopic (exact) mass is 300 g/mol. The SMILES string of the molecule is CC(C(N)=O)n1c(=O)sc2cc(Br)ccc21. The summed E-state index contributed by atoms with van der Waals surface area (Å²) in [5.41, 5.74) is 5.95. The normalized spacial score (nSPS) is 12.9. The summed E-state index contributed by atoms with van der Waals surface area (Å²) in [6.45, 7) is 1.62. The quantitative estimate of drug-likeness (QED) is 0.920. The second kappa shape index (κ2) is 4.03. The van der Waals surface area contributed by atoms with E-state index in [9.17, 15) is 9.59 Å². The summed E-state index contributed by atoms with van der Waals surface area (Å²) < 4.78 is 3.17. The van der Waals surface area contributed by atoms with Crippen molar-refractivity contribution in [1.82, 2.24) is 4.57 Å².